The Labute approximate surface area is 130 Å². The SMILES string of the molecule is Cc1ccccc1-c1nnc(NC(=O)c2ccccc2F)s1. The van der Waals surface area contributed by atoms with E-state index in [1.807, 2.05) is 31.2 Å². The van der Waals surface area contributed by atoms with Crippen molar-refractivity contribution in [2.45, 2.75) is 6.92 Å². The van der Waals surface area contributed by atoms with Crippen molar-refractivity contribution in [1.29, 1.82) is 0 Å². The molecule has 0 bridgehead atoms. The van der Waals surface area contributed by atoms with Crippen LogP contribution in [-0.2, 0) is 0 Å². The maximum atomic E-state index is 13.6. The highest BCUT2D eigenvalue weighted by Gasteiger charge is 2.14. The van der Waals surface area contributed by atoms with Gasteiger partial charge in [-0.1, -0.05) is 47.7 Å². The fourth-order valence-electron chi connectivity index (χ4n) is 2.01. The van der Waals surface area contributed by atoms with Crippen LogP contribution in [0, 0.1) is 12.7 Å². The molecule has 0 aliphatic heterocycles. The Balaban J connectivity index is 1.82. The molecule has 1 N–H and O–H groups in total. The van der Waals surface area contributed by atoms with Crippen LogP contribution >= 0.6 is 11.3 Å². The number of carbonyl (C=O) groups is 1. The molecule has 110 valence electrons. The van der Waals surface area contributed by atoms with E-state index < -0.39 is 11.7 Å². The normalized spacial score (nSPS) is 10.5. The number of halogens is 1. The van der Waals surface area contributed by atoms with Gasteiger partial charge in [0, 0.05) is 5.56 Å². The van der Waals surface area contributed by atoms with Gasteiger partial charge >= 0.3 is 0 Å². The first-order chi connectivity index (χ1) is 10.6. The summed E-state index contributed by atoms with van der Waals surface area (Å²) in [6.07, 6.45) is 0. The standard InChI is InChI=1S/C16H12FN3OS/c1-10-6-2-3-7-11(10)15-19-20-16(22-15)18-14(21)12-8-4-5-9-13(12)17/h2-9H,1H3,(H,18,20,21). The molecule has 3 aromatic rings. The zero-order chi connectivity index (χ0) is 15.5. The van der Waals surface area contributed by atoms with Gasteiger partial charge in [0.1, 0.15) is 10.8 Å². The van der Waals surface area contributed by atoms with Crippen LogP contribution in [0.15, 0.2) is 48.5 Å². The lowest BCUT2D eigenvalue weighted by Crippen LogP contribution is -2.13. The summed E-state index contributed by atoms with van der Waals surface area (Å²) in [7, 11) is 0. The van der Waals surface area contributed by atoms with Crippen LogP contribution < -0.4 is 5.32 Å². The van der Waals surface area contributed by atoms with E-state index in [2.05, 4.69) is 15.5 Å². The van der Waals surface area contributed by atoms with Crippen LogP contribution in [0.25, 0.3) is 10.6 Å². The first-order valence-corrected chi connectivity index (χ1v) is 7.42. The lowest BCUT2D eigenvalue weighted by Gasteiger charge is -2.02. The summed E-state index contributed by atoms with van der Waals surface area (Å²) in [6, 6.07) is 13.6. The highest BCUT2D eigenvalue weighted by atomic mass is 32.1. The number of nitrogens with one attached hydrogen (secondary N) is 1. The number of hydrogen-bond donors (Lipinski definition) is 1. The maximum absolute atomic E-state index is 13.6. The van der Waals surface area contributed by atoms with Crippen molar-refractivity contribution >= 4 is 22.4 Å². The van der Waals surface area contributed by atoms with Crippen molar-refractivity contribution in [2.75, 3.05) is 5.32 Å². The summed E-state index contributed by atoms with van der Waals surface area (Å²) in [6.45, 7) is 1.98. The first-order valence-electron chi connectivity index (χ1n) is 6.60. The molecule has 4 nitrogen and oxygen atoms in total. The molecule has 0 atom stereocenters. The molecule has 0 fully saturated rings. The van der Waals surface area contributed by atoms with Crippen LogP contribution in [0.1, 0.15) is 15.9 Å². The molecule has 0 aliphatic carbocycles. The zero-order valence-electron chi connectivity index (χ0n) is 11.7. The number of aromatic nitrogens is 2. The lowest BCUT2D eigenvalue weighted by molar-refractivity contribution is 0.102. The fourth-order valence-corrected chi connectivity index (χ4v) is 2.83. The molecule has 0 aliphatic rings. The predicted octanol–water partition coefficient (Wildman–Crippen LogP) is 3.90. The number of carbonyl (C=O) groups excluding carboxylic acids is 1. The molecule has 3 rings (SSSR count). The van der Waals surface area contributed by atoms with Gasteiger partial charge < -0.3 is 0 Å². The smallest absolute Gasteiger partial charge is 0.260 e. The number of benzene rings is 2. The average Bonchev–Trinajstić information content (AvgIpc) is 2.96. The van der Waals surface area contributed by atoms with Crippen molar-refractivity contribution in [1.82, 2.24) is 10.2 Å². The van der Waals surface area contributed by atoms with E-state index in [-0.39, 0.29) is 5.56 Å². The van der Waals surface area contributed by atoms with E-state index in [9.17, 15) is 9.18 Å². The molecular formula is C16H12FN3OS. The van der Waals surface area contributed by atoms with Crippen LogP contribution in [0.4, 0.5) is 9.52 Å². The van der Waals surface area contributed by atoms with Gasteiger partial charge in [0.15, 0.2) is 0 Å². The molecule has 1 amide bonds. The average molecular weight is 313 g/mol. The number of rotatable bonds is 3. The summed E-state index contributed by atoms with van der Waals surface area (Å²) in [5.41, 5.74) is 2.02. The van der Waals surface area contributed by atoms with Crippen molar-refractivity contribution in [3.8, 4) is 10.6 Å². The molecule has 0 radical (unpaired) electrons. The number of aryl methyl sites for hydroxylation is 1. The molecule has 0 saturated heterocycles. The summed E-state index contributed by atoms with van der Waals surface area (Å²) < 4.78 is 13.6. The van der Waals surface area contributed by atoms with Crippen molar-refractivity contribution < 1.29 is 9.18 Å². The minimum atomic E-state index is -0.566. The topological polar surface area (TPSA) is 54.9 Å². The Morgan fingerprint density at radius 3 is 2.59 bits per heavy atom. The molecule has 6 heteroatoms. The number of nitrogens with zero attached hydrogens (tertiary/aromatic N) is 2. The third kappa shape index (κ3) is 2.87. The van der Waals surface area contributed by atoms with E-state index in [4.69, 9.17) is 0 Å². The van der Waals surface area contributed by atoms with E-state index in [0.29, 0.717) is 10.1 Å². The van der Waals surface area contributed by atoms with Crippen LogP contribution in [0.2, 0.25) is 0 Å². The minimum Gasteiger partial charge on any atom is -0.296 e. The van der Waals surface area contributed by atoms with E-state index in [1.54, 1.807) is 6.07 Å². The van der Waals surface area contributed by atoms with E-state index in [0.717, 1.165) is 11.1 Å². The van der Waals surface area contributed by atoms with Gasteiger partial charge in [0.05, 0.1) is 5.56 Å². The van der Waals surface area contributed by atoms with Crippen molar-refractivity contribution in [3.63, 3.8) is 0 Å². The Bertz CT molecular complexity index is 832. The van der Waals surface area contributed by atoms with Crippen LogP contribution in [0.5, 0.6) is 0 Å². The quantitative estimate of drug-likeness (QED) is 0.797. The van der Waals surface area contributed by atoms with Crippen LogP contribution in [-0.4, -0.2) is 16.1 Å². The molecule has 2 aromatic carbocycles. The molecule has 1 heterocycles. The largest absolute Gasteiger partial charge is 0.296 e. The lowest BCUT2D eigenvalue weighted by atomic mass is 10.1. The Hall–Kier alpha value is -2.60. The third-order valence-electron chi connectivity index (χ3n) is 3.14. The Morgan fingerprint density at radius 2 is 1.82 bits per heavy atom. The molecule has 0 saturated carbocycles. The summed E-state index contributed by atoms with van der Waals surface area (Å²) in [5, 5.41) is 11.6. The molecule has 1 aromatic heterocycles. The van der Waals surface area contributed by atoms with E-state index >= 15 is 0 Å². The second-order valence-corrected chi connectivity index (χ2v) is 5.64. The summed E-state index contributed by atoms with van der Waals surface area (Å²) in [4.78, 5) is 12.0. The van der Waals surface area contributed by atoms with E-state index in [1.165, 1.54) is 29.5 Å². The predicted molar refractivity (Wildman–Crippen MR) is 84.4 cm³/mol. The summed E-state index contributed by atoms with van der Waals surface area (Å²) >= 11 is 1.25. The van der Waals surface area contributed by atoms with Gasteiger partial charge in [-0.25, -0.2) is 4.39 Å². The van der Waals surface area contributed by atoms with Gasteiger partial charge in [-0.15, -0.1) is 10.2 Å². The van der Waals surface area contributed by atoms with Gasteiger partial charge in [0.2, 0.25) is 5.13 Å². The summed E-state index contributed by atoms with van der Waals surface area (Å²) in [5.74, 6) is -1.10. The Kier molecular flexibility index (Phi) is 3.93. The monoisotopic (exact) mass is 313 g/mol. The second-order valence-electron chi connectivity index (χ2n) is 4.66. The van der Waals surface area contributed by atoms with Crippen molar-refractivity contribution in [3.05, 3.63) is 65.5 Å². The molecule has 0 unspecified atom stereocenters. The van der Waals surface area contributed by atoms with Gasteiger partial charge in [-0.05, 0) is 24.6 Å². The zero-order valence-corrected chi connectivity index (χ0v) is 12.5. The third-order valence-corrected chi connectivity index (χ3v) is 4.01. The van der Waals surface area contributed by atoms with Gasteiger partial charge in [-0.3, -0.25) is 10.1 Å². The molecule has 0 spiro atoms. The highest BCUT2D eigenvalue weighted by molar-refractivity contribution is 7.18. The Morgan fingerprint density at radius 1 is 1.09 bits per heavy atom. The number of anilines is 1. The fraction of sp³-hybridized carbons (Fsp3) is 0.0625. The van der Waals surface area contributed by atoms with Gasteiger partial charge in [0.25, 0.3) is 5.91 Å². The highest BCUT2D eigenvalue weighted by Crippen LogP contribution is 2.28. The number of amides is 1. The molecular weight excluding hydrogens is 301 g/mol. The van der Waals surface area contributed by atoms with Crippen molar-refractivity contribution in [2.24, 2.45) is 0 Å². The van der Waals surface area contributed by atoms with Gasteiger partial charge in [-0.2, -0.15) is 0 Å². The minimum absolute atomic E-state index is 0.0184. The second kappa shape index (κ2) is 6.03. The first kappa shape index (κ1) is 14.3. The maximum Gasteiger partial charge on any atom is 0.260 e. The number of hydrogen-bond acceptors (Lipinski definition) is 4. The van der Waals surface area contributed by atoms with Crippen LogP contribution in [0.3, 0.4) is 0 Å². The molecule has 22 heavy (non-hydrogen) atoms.